The molecule has 2 aromatic carbocycles. The van der Waals surface area contributed by atoms with E-state index < -0.39 is 17.1 Å². The zero-order chi connectivity index (χ0) is 23.1. The molecule has 3 amide bonds. The van der Waals surface area contributed by atoms with Crippen LogP contribution in [0.25, 0.3) is 6.08 Å². The molecule has 0 aromatic heterocycles. The van der Waals surface area contributed by atoms with Crippen LogP contribution < -0.4 is 10.1 Å². The summed E-state index contributed by atoms with van der Waals surface area (Å²) in [4.78, 5) is 50.2. The van der Waals surface area contributed by atoms with Gasteiger partial charge in [-0.1, -0.05) is 18.2 Å². The van der Waals surface area contributed by atoms with E-state index in [-0.39, 0.29) is 30.4 Å². The number of hydrogen-bond donors (Lipinski definition) is 1. The highest BCUT2D eigenvalue weighted by molar-refractivity contribution is 8.18. The average molecular weight is 455 g/mol. The highest BCUT2D eigenvalue weighted by atomic mass is 32.2. The van der Waals surface area contributed by atoms with Gasteiger partial charge >= 0.3 is 5.97 Å². The molecule has 166 valence electrons. The number of thioether (sulfide) groups is 1. The predicted molar refractivity (Wildman–Crippen MR) is 121 cm³/mol. The molecular weight excluding hydrogens is 432 g/mol. The van der Waals surface area contributed by atoms with Crippen molar-refractivity contribution in [2.45, 2.75) is 13.3 Å². The van der Waals surface area contributed by atoms with E-state index in [1.165, 1.54) is 7.11 Å². The van der Waals surface area contributed by atoms with Crippen molar-refractivity contribution in [1.29, 1.82) is 0 Å². The number of benzene rings is 2. The number of methoxy groups -OCH3 is 1. The van der Waals surface area contributed by atoms with Crippen LogP contribution in [-0.2, 0) is 14.3 Å². The summed E-state index contributed by atoms with van der Waals surface area (Å²) in [7, 11) is 1.53. The third kappa shape index (κ3) is 5.55. The molecule has 1 N–H and O–H groups in total. The van der Waals surface area contributed by atoms with E-state index in [9.17, 15) is 19.2 Å². The van der Waals surface area contributed by atoms with Crippen molar-refractivity contribution >= 4 is 46.5 Å². The maximum absolute atomic E-state index is 12.6. The van der Waals surface area contributed by atoms with Crippen LogP contribution in [0.3, 0.4) is 0 Å². The van der Waals surface area contributed by atoms with Gasteiger partial charge in [0.05, 0.1) is 24.2 Å². The normalized spacial score (nSPS) is 14.6. The van der Waals surface area contributed by atoms with E-state index in [1.54, 1.807) is 49.4 Å². The highest BCUT2D eigenvalue weighted by Gasteiger charge is 2.35. The molecule has 1 fully saturated rings. The molecule has 0 unspecified atom stereocenters. The fraction of sp³-hybridized carbons (Fsp3) is 0.217. The van der Waals surface area contributed by atoms with Gasteiger partial charge in [0.1, 0.15) is 5.75 Å². The zero-order valence-corrected chi connectivity index (χ0v) is 18.4. The monoisotopic (exact) mass is 454 g/mol. The molecule has 1 saturated heterocycles. The first-order valence-corrected chi connectivity index (χ1v) is 10.7. The van der Waals surface area contributed by atoms with Crippen LogP contribution in [0.4, 0.5) is 10.5 Å². The number of ether oxygens (including phenoxy) is 2. The van der Waals surface area contributed by atoms with E-state index in [0.717, 1.165) is 16.7 Å². The topological polar surface area (TPSA) is 102 Å². The number of hydrogen-bond acceptors (Lipinski definition) is 7. The van der Waals surface area contributed by atoms with Gasteiger partial charge in [0.25, 0.3) is 11.1 Å². The van der Waals surface area contributed by atoms with Crippen molar-refractivity contribution in [1.82, 2.24) is 4.90 Å². The van der Waals surface area contributed by atoms with Crippen molar-refractivity contribution in [3.05, 3.63) is 64.6 Å². The minimum Gasteiger partial charge on any atom is -0.496 e. The van der Waals surface area contributed by atoms with Crippen LogP contribution in [0.1, 0.15) is 29.3 Å². The quantitative estimate of drug-likeness (QED) is 0.476. The van der Waals surface area contributed by atoms with Gasteiger partial charge in [-0.25, -0.2) is 4.79 Å². The summed E-state index contributed by atoms with van der Waals surface area (Å²) in [5, 5.41) is 2.25. The Morgan fingerprint density at radius 1 is 1.09 bits per heavy atom. The van der Waals surface area contributed by atoms with E-state index in [2.05, 4.69) is 5.32 Å². The van der Waals surface area contributed by atoms with Crippen LogP contribution in [0.2, 0.25) is 0 Å². The summed E-state index contributed by atoms with van der Waals surface area (Å²) in [6.07, 6.45) is 1.55. The Balaban J connectivity index is 1.58. The molecule has 8 nitrogen and oxygen atoms in total. The van der Waals surface area contributed by atoms with Gasteiger partial charge in [-0.15, -0.1) is 0 Å². The van der Waals surface area contributed by atoms with Gasteiger partial charge in [0.15, 0.2) is 0 Å². The first-order chi connectivity index (χ1) is 15.4. The van der Waals surface area contributed by atoms with Crippen LogP contribution in [0.5, 0.6) is 5.75 Å². The van der Waals surface area contributed by atoms with Crippen molar-refractivity contribution in [3.63, 3.8) is 0 Å². The van der Waals surface area contributed by atoms with Crippen LogP contribution in [0.15, 0.2) is 53.4 Å². The molecule has 1 aliphatic heterocycles. The number of rotatable bonds is 8. The van der Waals surface area contributed by atoms with E-state index in [4.69, 9.17) is 9.47 Å². The number of para-hydroxylation sites is 1. The van der Waals surface area contributed by atoms with Crippen LogP contribution >= 0.6 is 11.8 Å². The van der Waals surface area contributed by atoms with Crippen molar-refractivity contribution < 1.29 is 28.7 Å². The number of carbonyl (C=O) groups is 4. The second-order valence-corrected chi connectivity index (χ2v) is 7.66. The Bertz CT molecular complexity index is 1060. The Kier molecular flexibility index (Phi) is 7.67. The van der Waals surface area contributed by atoms with Gasteiger partial charge in [0, 0.05) is 24.2 Å². The van der Waals surface area contributed by atoms with Gasteiger partial charge in [-0.2, -0.15) is 0 Å². The fourth-order valence-corrected chi connectivity index (χ4v) is 3.82. The molecule has 0 bridgehead atoms. The number of esters is 1. The lowest BCUT2D eigenvalue weighted by molar-refractivity contribution is -0.123. The lowest BCUT2D eigenvalue weighted by Gasteiger charge is -2.12. The van der Waals surface area contributed by atoms with E-state index in [0.29, 0.717) is 22.6 Å². The summed E-state index contributed by atoms with van der Waals surface area (Å²) in [5.41, 5.74) is 1.56. The Hall–Kier alpha value is -3.59. The SMILES string of the molecule is CCOC(=O)c1ccc(NC(=O)CCN2C(=O)S/C(=C\c3ccccc3OC)C2=O)cc1. The molecule has 0 saturated carbocycles. The maximum Gasteiger partial charge on any atom is 0.338 e. The fourth-order valence-electron chi connectivity index (χ4n) is 2.96. The smallest absolute Gasteiger partial charge is 0.338 e. The first-order valence-electron chi connectivity index (χ1n) is 9.88. The summed E-state index contributed by atoms with van der Waals surface area (Å²) in [5.74, 6) is -0.655. The van der Waals surface area contributed by atoms with Crippen molar-refractivity contribution in [3.8, 4) is 5.75 Å². The standard InChI is InChI=1S/C23H22N2O6S/c1-3-31-22(28)15-8-10-17(11-9-15)24-20(26)12-13-25-21(27)19(32-23(25)29)14-16-6-4-5-7-18(16)30-2/h4-11,14H,3,12-13H2,1-2H3,(H,24,26)/b19-14-. The van der Waals surface area contributed by atoms with E-state index in [1.807, 2.05) is 12.1 Å². The Morgan fingerprint density at radius 3 is 2.50 bits per heavy atom. The second-order valence-electron chi connectivity index (χ2n) is 6.67. The molecule has 32 heavy (non-hydrogen) atoms. The summed E-state index contributed by atoms with van der Waals surface area (Å²) in [6, 6.07) is 13.4. The summed E-state index contributed by atoms with van der Waals surface area (Å²) < 4.78 is 10.2. The number of nitrogens with one attached hydrogen (secondary N) is 1. The molecule has 9 heteroatoms. The zero-order valence-electron chi connectivity index (χ0n) is 17.6. The average Bonchev–Trinajstić information content (AvgIpc) is 3.05. The number of imide groups is 1. The molecular formula is C23H22N2O6S. The van der Waals surface area contributed by atoms with Gasteiger partial charge < -0.3 is 14.8 Å². The van der Waals surface area contributed by atoms with Gasteiger partial charge in [0.2, 0.25) is 5.91 Å². The largest absolute Gasteiger partial charge is 0.496 e. The predicted octanol–water partition coefficient (Wildman–Crippen LogP) is 3.94. The van der Waals surface area contributed by atoms with Crippen molar-refractivity contribution in [2.75, 3.05) is 25.6 Å². The minimum atomic E-state index is -0.447. The summed E-state index contributed by atoms with van der Waals surface area (Å²) >= 11 is 0.827. The Morgan fingerprint density at radius 2 is 1.81 bits per heavy atom. The lowest BCUT2D eigenvalue weighted by Crippen LogP contribution is -2.31. The molecule has 0 radical (unpaired) electrons. The summed E-state index contributed by atoms with van der Waals surface area (Å²) in [6.45, 7) is 1.96. The lowest BCUT2D eigenvalue weighted by atomic mass is 10.2. The number of nitrogens with zero attached hydrogens (tertiary/aromatic N) is 1. The molecule has 0 spiro atoms. The first kappa shape index (κ1) is 23.1. The number of carbonyl (C=O) groups excluding carboxylic acids is 4. The maximum atomic E-state index is 12.6. The molecule has 0 atom stereocenters. The van der Waals surface area contributed by atoms with Crippen LogP contribution in [0, 0.1) is 0 Å². The highest BCUT2D eigenvalue weighted by Crippen LogP contribution is 2.34. The van der Waals surface area contributed by atoms with Gasteiger partial charge in [-0.05, 0) is 55.1 Å². The molecule has 1 aliphatic rings. The van der Waals surface area contributed by atoms with E-state index >= 15 is 0 Å². The van der Waals surface area contributed by atoms with Gasteiger partial charge in [-0.3, -0.25) is 19.3 Å². The Labute approximate surface area is 189 Å². The molecule has 0 aliphatic carbocycles. The number of amides is 3. The molecule has 2 aromatic rings. The third-order valence-corrected chi connectivity index (χ3v) is 5.45. The minimum absolute atomic E-state index is 0.0410. The van der Waals surface area contributed by atoms with Crippen molar-refractivity contribution in [2.24, 2.45) is 0 Å². The third-order valence-electron chi connectivity index (χ3n) is 4.54. The van der Waals surface area contributed by atoms with Crippen LogP contribution in [-0.4, -0.2) is 48.2 Å². The second kappa shape index (κ2) is 10.6. The number of anilines is 1. The molecule has 3 rings (SSSR count). The molecule has 1 heterocycles.